The Labute approximate surface area is 202 Å². The van der Waals surface area contributed by atoms with Crippen molar-refractivity contribution >= 4 is 17.4 Å². The fourth-order valence-corrected chi connectivity index (χ4v) is 6.46. The number of nitrogens with one attached hydrogen (secondary N) is 1. The first-order valence-electron chi connectivity index (χ1n) is 11.4. The van der Waals surface area contributed by atoms with E-state index in [4.69, 9.17) is 9.05 Å². The lowest BCUT2D eigenvalue weighted by Gasteiger charge is -2.28. The van der Waals surface area contributed by atoms with E-state index in [-0.39, 0.29) is 11.5 Å². The van der Waals surface area contributed by atoms with Gasteiger partial charge in [0.05, 0.1) is 5.75 Å². The summed E-state index contributed by atoms with van der Waals surface area (Å²) in [7, 11) is -6.90. The van der Waals surface area contributed by atoms with E-state index in [0.717, 1.165) is 17.5 Å². The van der Waals surface area contributed by atoms with Crippen LogP contribution in [0.3, 0.4) is 0 Å². The lowest BCUT2D eigenvalue weighted by molar-refractivity contribution is 0.353. The molecule has 1 N–H and O–H groups in total. The molecule has 0 aromatic heterocycles. The highest BCUT2D eigenvalue weighted by atomic mass is 32.2. The zero-order valence-electron chi connectivity index (χ0n) is 19.6. The summed E-state index contributed by atoms with van der Waals surface area (Å²) < 4.78 is 50.7. The Bertz CT molecular complexity index is 1140. The standard InChI is InChI=1S/C26H32NO5PS/c1-3-13-26(27-20-22-14-11-12-15-23(22)21-34(29,30)4-2)33(28,31-24-16-7-5-8-17-24)32-25-18-9-6-10-19-25/h5-12,14-19,26-27H,3-4,13,20-21H2,1-2H3. The van der Waals surface area contributed by atoms with Crippen molar-refractivity contribution in [3.63, 3.8) is 0 Å². The molecule has 0 heterocycles. The third kappa shape index (κ3) is 7.45. The summed E-state index contributed by atoms with van der Waals surface area (Å²) in [5.41, 5.74) is 1.57. The van der Waals surface area contributed by atoms with E-state index in [1.807, 2.05) is 67.6 Å². The average molecular weight is 502 g/mol. The van der Waals surface area contributed by atoms with Gasteiger partial charge in [0.2, 0.25) is 0 Å². The van der Waals surface area contributed by atoms with Gasteiger partial charge in [-0.05, 0) is 41.8 Å². The van der Waals surface area contributed by atoms with Crippen LogP contribution in [0.15, 0.2) is 84.9 Å². The van der Waals surface area contributed by atoms with E-state index >= 15 is 0 Å². The molecule has 0 radical (unpaired) electrons. The van der Waals surface area contributed by atoms with Crippen LogP contribution in [0.1, 0.15) is 37.8 Å². The molecule has 1 unspecified atom stereocenters. The fraction of sp³-hybridized carbons (Fsp3) is 0.308. The number of hydrogen-bond donors (Lipinski definition) is 1. The molecular weight excluding hydrogens is 469 g/mol. The van der Waals surface area contributed by atoms with Crippen LogP contribution in [0.4, 0.5) is 0 Å². The van der Waals surface area contributed by atoms with Gasteiger partial charge in [-0.25, -0.2) is 13.0 Å². The van der Waals surface area contributed by atoms with Gasteiger partial charge in [0.25, 0.3) is 0 Å². The van der Waals surface area contributed by atoms with Crippen molar-refractivity contribution in [2.24, 2.45) is 0 Å². The molecule has 0 aliphatic rings. The molecule has 3 aromatic rings. The minimum absolute atomic E-state index is 0.0293. The van der Waals surface area contributed by atoms with E-state index in [0.29, 0.717) is 24.5 Å². The molecule has 0 fully saturated rings. The van der Waals surface area contributed by atoms with Gasteiger partial charge in [0, 0.05) is 12.3 Å². The SMILES string of the molecule is CCCC(NCc1ccccc1CS(=O)(=O)CC)P(=O)(Oc1ccccc1)Oc1ccccc1. The van der Waals surface area contributed by atoms with Crippen LogP contribution in [0.2, 0.25) is 0 Å². The Kier molecular flexibility index (Phi) is 9.34. The van der Waals surface area contributed by atoms with Crippen molar-refractivity contribution < 1.29 is 22.0 Å². The smallest absolute Gasteiger partial charge is 0.415 e. The Morgan fingerprint density at radius 2 is 1.29 bits per heavy atom. The van der Waals surface area contributed by atoms with Crippen molar-refractivity contribution in [3.8, 4) is 11.5 Å². The number of para-hydroxylation sites is 2. The summed E-state index contributed by atoms with van der Waals surface area (Å²) in [6.45, 7) is 3.98. The predicted octanol–water partition coefficient (Wildman–Crippen LogP) is 6.19. The predicted molar refractivity (Wildman–Crippen MR) is 137 cm³/mol. The van der Waals surface area contributed by atoms with E-state index in [1.165, 1.54) is 0 Å². The van der Waals surface area contributed by atoms with Gasteiger partial charge in [-0.15, -0.1) is 0 Å². The van der Waals surface area contributed by atoms with E-state index in [2.05, 4.69) is 5.32 Å². The largest absolute Gasteiger partial charge is 0.447 e. The topological polar surface area (TPSA) is 81.7 Å². The Morgan fingerprint density at radius 3 is 1.79 bits per heavy atom. The van der Waals surface area contributed by atoms with Crippen molar-refractivity contribution in [2.45, 2.75) is 44.8 Å². The summed E-state index contributed by atoms with van der Waals surface area (Å²) in [5, 5.41) is 3.35. The molecule has 0 bridgehead atoms. The quantitative estimate of drug-likeness (QED) is 0.281. The molecule has 0 aliphatic carbocycles. The van der Waals surface area contributed by atoms with Crippen LogP contribution < -0.4 is 14.4 Å². The minimum atomic E-state index is -3.72. The second kappa shape index (κ2) is 12.2. The molecule has 8 heteroatoms. The van der Waals surface area contributed by atoms with Crippen LogP contribution in [0.25, 0.3) is 0 Å². The molecule has 34 heavy (non-hydrogen) atoms. The highest BCUT2D eigenvalue weighted by molar-refractivity contribution is 7.90. The highest BCUT2D eigenvalue weighted by Gasteiger charge is 2.38. The number of hydrogen-bond acceptors (Lipinski definition) is 6. The molecule has 0 spiro atoms. The number of benzene rings is 3. The van der Waals surface area contributed by atoms with Gasteiger partial charge in [0.15, 0.2) is 9.84 Å². The van der Waals surface area contributed by atoms with Crippen molar-refractivity contribution in [1.29, 1.82) is 0 Å². The zero-order chi connectivity index (χ0) is 24.4. The molecule has 0 aliphatic heterocycles. The van der Waals surface area contributed by atoms with Gasteiger partial charge in [-0.2, -0.15) is 0 Å². The third-order valence-corrected chi connectivity index (χ3v) is 9.12. The molecular formula is C26H32NO5PS. The molecule has 6 nitrogen and oxygen atoms in total. The molecule has 3 rings (SSSR count). The maximum atomic E-state index is 14.2. The number of sulfone groups is 1. The normalized spacial score (nSPS) is 12.8. The first-order valence-corrected chi connectivity index (χ1v) is 14.9. The lowest BCUT2D eigenvalue weighted by Crippen LogP contribution is -2.32. The Morgan fingerprint density at radius 1 is 0.794 bits per heavy atom. The second-order valence-electron chi connectivity index (χ2n) is 7.98. The van der Waals surface area contributed by atoms with Crippen molar-refractivity contribution in [2.75, 3.05) is 5.75 Å². The van der Waals surface area contributed by atoms with Crippen LogP contribution in [0.5, 0.6) is 11.5 Å². The maximum Gasteiger partial charge on any atom is 0.447 e. The summed E-state index contributed by atoms with van der Waals surface area (Å²) in [6, 6.07) is 25.4. The van der Waals surface area contributed by atoms with Gasteiger partial charge < -0.3 is 9.05 Å². The van der Waals surface area contributed by atoms with E-state index < -0.39 is 23.2 Å². The second-order valence-corrected chi connectivity index (χ2v) is 12.4. The summed E-state index contributed by atoms with van der Waals surface area (Å²) >= 11 is 0. The Balaban J connectivity index is 1.88. The Hall–Kier alpha value is -2.60. The van der Waals surface area contributed by atoms with Crippen molar-refractivity contribution in [3.05, 3.63) is 96.1 Å². The van der Waals surface area contributed by atoms with Crippen LogP contribution in [0, 0.1) is 0 Å². The summed E-state index contributed by atoms with van der Waals surface area (Å²) in [6.07, 6.45) is 1.30. The molecule has 1 atom stereocenters. The highest BCUT2D eigenvalue weighted by Crippen LogP contribution is 2.53. The van der Waals surface area contributed by atoms with Gasteiger partial charge in [0.1, 0.15) is 17.3 Å². The summed E-state index contributed by atoms with van der Waals surface area (Å²) in [4.78, 5) is 0. The zero-order valence-corrected chi connectivity index (χ0v) is 21.3. The molecule has 182 valence electrons. The monoisotopic (exact) mass is 501 g/mol. The van der Waals surface area contributed by atoms with E-state index in [1.54, 1.807) is 31.2 Å². The summed E-state index contributed by atoms with van der Waals surface area (Å²) in [5.74, 6) is 0.364. The first-order chi connectivity index (χ1) is 16.3. The van der Waals surface area contributed by atoms with Crippen LogP contribution >= 0.6 is 7.60 Å². The first kappa shape index (κ1) is 26.0. The lowest BCUT2D eigenvalue weighted by atomic mass is 10.1. The van der Waals surface area contributed by atoms with Crippen LogP contribution in [-0.4, -0.2) is 20.0 Å². The van der Waals surface area contributed by atoms with Gasteiger partial charge in [-0.3, -0.25) is 5.32 Å². The maximum absolute atomic E-state index is 14.2. The van der Waals surface area contributed by atoms with Gasteiger partial charge >= 0.3 is 7.60 Å². The number of rotatable bonds is 13. The molecule has 0 saturated heterocycles. The van der Waals surface area contributed by atoms with E-state index in [9.17, 15) is 13.0 Å². The molecule has 0 amide bonds. The van der Waals surface area contributed by atoms with Crippen molar-refractivity contribution in [1.82, 2.24) is 5.32 Å². The molecule has 3 aromatic carbocycles. The minimum Gasteiger partial charge on any atom is -0.415 e. The third-order valence-electron chi connectivity index (χ3n) is 5.36. The van der Waals surface area contributed by atoms with Crippen LogP contribution in [-0.2, 0) is 26.7 Å². The fourth-order valence-electron chi connectivity index (χ4n) is 3.49. The average Bonchev–Trinajstić information content (AvgIpc) is 2.83. The van der Waals surface area contributed by atoms with Gasteiger partial charge in [-0.1, -0.05) is 80.9 Å². The molecule has 0 saturated carbocycles.